The molecule has 3 amide bonds. The number of hydrogen-bond donors (Lipinski definition) is 1. The highest BCUT2D eigenvalue weighted by atomic mass is 32.2. The van der Waals surface area contributed by atoms with E-state index in [1.54, 1.807) is 15.9 Å². The molecule has 2 saturated heterocycles. The molecule has 2 fully saturated rings. The maximum atomic E-state index is 12.9. The van der Waals surface area contributed by atoms with Crippen LogP contribution in [0.1, 0.15) is 45.8 Å². The summed E-state index contributed by atoms with van der Waals surface area (Å²) in [5, 5.41) is 6.73. The first-order valence-electron chi connectivity index (χ1n) is 9.44. The van der Waals surface area contributed by atoms with Crippen LogP contribution in [-0.4, -0.2) is 68.6 Å². The summed E-state index contributed by atoms with van der Waals surface area (Å²) in [7, 11) is 0. The molecule has 1 aromatic heterocycles. The second kappa shape index (κ2) is 8.10. The van der Waals surface area contributed by atoms with Crippen LogP contribution in [-0.2, 0) is 21.4 Å². The zero-order valence-electron chi connectivity index (χ0n) is 16.2. The zero-order valence-corrected chi connectivity index (χ0v) is 17.0. The van der Waals surface area contributed by atoms with E-state index >= 15 is 0 Å². The van der Waals surface area contributed by atoms with Gasteiger partial charge in [-0.3, -0.25) is 4.79 Å². The maximum absolute atomic E-state index is 12.9. The molecule has 27 heavy (non-hydrogen) atoms. The number of aromatic nitrogens is 1. The number of nitrogens with one attached hydrogen (secondary N) is 1. The number of carbonyl (C=O) groups is 2. The molecule has 0 bridgehead atoms. The Kier molecular flexibility index (Phi) is 6.00. The Hall–Kier alpha value is -1.74. The van der Waals surface area contributed by atoms with E-state index in [0.717, 1.165) is 12.8 Å². The summed E-state index contributed by atoms with van der Waals surface area (Å²) in [5.74, 6) is 1.83. The monoisotopic (exact) mass is 396 g/mol. The van der Waals surface area contributed by atoms with Gasteiger partial charge in [-0.25, -0.2) is 4.79 Å². The highest BCUT2D eigenvalue weighted by Gasteiger charge is 2.36. The molecular formula is C18H28N4O4S. The summed E-state index contributed by atoms with van der Waals surface area (Å²) in [5.41, 5.74) is -0.197. The van der Waals surface area contributed by atoms with E-state index in [-0.39, 0.29) is 17.4 Å². The number of nitrogens with zero attached hydrogens (tertiary/aromatic N) is 3. The van der Waals surface area contributed by atoms with Crippen molar-refractivity contribution in [2.75, 3.05) is 36.5 Å². The van der Waals surface area contributed by atoms with Crippen molar-refractivity contribution < 1.29 is 18.7 Å². The summed E-state index contributed by atoms with van der Waals surface area (Å²) in [6, 6.07) is 1.07. The second-order valence-electron chi connectivity index (χ2n) is 8.14. The van der Waals surface area contributed by atoms with E-state index in [4.69, 9.17) is 4.52 Å². The Labute approximate surface area is 162 Å². The van der Waals surface area contributed by atoms with Gasteiger partial charge in [0.05, 0.1) is 13.1 Å². The third-order valence-corrected chi connectivity index (χ3v) is 6.28. The average Bonchev–Trinajstić information content (AvgIpc) is 3.10. The third-order valence-electron chi connectivity index (χ3n) is 5.00. The SMILES string of the molecule is CC(C)(C)c1cc(NC(=O)[C@@H]2CCCCN2C(=O)N2CC[S+]([O-])CC2)no1. The van der Waals surface area contributed by atoms with Gasteiger partial charge in [0, 0.05) is 18.0 Å². The molecule has 9 heteroatoms. The molecule has 150 valence electrons. The fourth-order valence-corrected chi connectivity index (χ4v) is 4.39. The first kappa shape index (κ1) is 20.0. The van der Waals surface area contributed by atoms with Gasteiger partial charge in [-0.05, 0) is 19.3 Å². The molecule has 0 spiro atoms. The smallest absolute Gasteiger partial charge is 0.321 e. The Balaban J connectivity index is 1.66. The molecule has 3 rings (SSSR count). The Morgan fingerprint density at radius 2 is 1.96 bits per heavy atom. The molecule has 2 aliphatic heterocycles. The number of anilines is 1. The van der Waals surface area contributed by atoms with Crippen molar-refractivity contribution in [1.82, 2.24) is 15.0 Å². The Morgan fingerprint density at radius 3 is 2.59 bits per heavy atom. The lowest BCUT2D eigenvalue weighted by molar-refractivity contribution is -0.121. The molecule has 1 aromatic rings. The van der Waals surface area contributed by atoms with Gasteiger partial charge in [0.1, 0.15) is 23.3 Å². The van der Waals surface area contributed by atoms with Gasteiger partial charge in [0.2, 0.25) is 5.91 Å². The standard InChI is InChI=1S/C18H28N4O4S/c1-18(2,3)14-12-15(20-26-14)19-16(23)13-6-4-5-7-22(13)17(24)21-8-10-27(25)11-9-21/h12-13H,4-11H2,1-3H3,(H,19,20,23)/t13-/m0/s1. The predicted octanol–water partition coefficient (Wildman–Crippen LogP) is 1.95. The largest absolute Gasteiger partial charge is 0.616 e. The number of piperidine rings is 1. The predicted molar refractivity (Wildman–Crippen MR) is 103 cm³/mol. The quantitative estimate of drug-likeness (QED) is 0.770. The van der Waals surface area contributed by atoms with Crippen molar-refractivity contribution >= 4 is 28.9 Å². The fourth-order valence-electron chi connectivity index (χ4n) is 3.34. The van der Waals surface area contributed by atoms with Gasteiger partial charge >= 0.3 is 6.03 Å². The van der Waals surface area contributed by atoms with Crippen molar-refractivity contribution in [2.45, 2.75) is 51.5 Å². The third kappa shape index (κ3) is 4.76. The van der Waals surface area contributed by atoms with Gasteiger partial charge < -0.3 is 24.2 Å². The molecular weight excluding hydrogens is 368 g/mol. The molecule has 0 unspecified atom stereocenters. The van der Waals surface area contributed by atoms with Crippen molar-refractivity contribution in [3.05, 3.63) is 11.8 Å². The van der Waals surface area contributed by atoms with Crippen LogP contribution in [0.4, 0.5) is 10.6 Å². The normalized spacial score (nSPS) is 22.0. The Bertz CT molecular complexity index is 679. The van der Waals surface area contributed by atoms with Gasteiger partial charge in [0.25, 0.3) is 0 Å². The minimum absolute atomic E-state index is 0.137. The molecule has 3 heterocycles. The van der Waals surface area contributed by atoms with Gasteiger partial charge in [-0.2, -0.15) is 0 Å². The minimum Gasteiger partial charge on any atom is -0.616 e. The first-order valence-corrected chi connectivity index (χ1v) is 10.9. The van der Waals surface area contributed by atoms with Crippen LogP contribution in [0.25, 0.3) is 0 Å². The summed E-state index contributed by atoms with van der Waals surface area (Å²) < 4.78 is 16.8. The maximum Gasteiger partial charge on any atom is 0.321 e. The number of rotatable bonds is 2. The van der Waals surface area contributed by atoms with Crippen LogP contribution in [0.15, 0.2) is 10.6 Å². The van der Waals surface area contributed by atoms with E-state index in [1.807, 2.05) is 20.8 Å². The van der Waals surface area contributed by atoms with Crippen LogP contribution in [0.3, 0.4) is 0 Å². The molecule has 0 aliphatic carbocycles. The number of likely N-dealkylation sites (tertiary alicyclic amines) is 1. The number of carbonyl (C=O) groups excluding carboxylic acids is 2. The van der Waals surface area contributed by atoms with E-state index < -0.39 is 17.2 Å². The van der Waals surface area contributed by atoms with E-state index in [0.29, 0.717) is 49.1 Å². The molecule has 1 N–H and O–H groups in total. The molecule has 0 radical (unpaired) electrons. The van der Waals surface area contributed by atoms with Gasteiger partial charge in [-0.15, -0.1) is 0 Å². The molecule has 0 aromatic carbocycles. The van der Waals surface area contributed by atoms with Crippen molar-refractivity contribution in [3.63, 3.8) is 0 Å². The summed E-state index contributed by atoms with van der Waals surface area (Å²) >= 11 is -0.842. The number of urea groups is 1. The molecule has 2 aliphatic rings. The van der Waals surface area contributed by atoms with E-state index in [9.17, 15) is 14.1 Å². The summed E-state index contributed by atoms with van der Waals surface area (Å²) in [6.45, 7) is 7.54. The number of hydrogen-bond acceptors (Lipinski definition) is 5. The van der Waals surface area contributed by atoms with Crippen LogP contribution in [0.5, 0.6) is 0 Å². The van der Waals surface area contributed by atoms with Crippen molar-refractivity contribution in [2.24, 2.45) is 0 Å². The van der Waals surface area contributed by atoms with E-state index in [2.05, 4.69) is 10.5 Å². The van der Waals surface area contributed by atoms with Crippen LogP contribution in [0, 0.1) is 0 Å². The van der Waals surface area contributed by atoms with Crippen LogP contribution >= 0.6 is 0 Å². The minimum atomic E-state index is -0.842. The molecule has 8 nitrogen and oxygen atoms in total. The number of amides is 3. The zero-order chi connectivity index (χ0) is 19.6. The summed E-state index contributed by atoms with van der Waals surface area (Å²) in [6.07, 6.45) is 2.41. The lowest BCUT2D eigenvalue weighted by Crippen LogP contribution is -2.56. The molecule has 0 saturated carbocycles. The highest BCUT2D eigenvalue weighted by molar-refractivity contribution is 7.91. The van der Waals surface area contributed by atoms with Gasteiger partial charge in [0.15, 0.2) is 5.82 Å². The summed E-state index contributed by atoms with van der Waals surface area (Å²) in [4.78, 5) is 29.1. The van der Waals surface area contributed by atoms with E-state index in [1.165, 1.54) is 0 Å². The molecule has 1 atom stereocenters. The van der Waals surface area contributed by atoms with Gasteiger partial charge in [-0.1, -0.05) is 37.1 Å². The Morgan fingerprint density at radius 1 is 1.26 bits per heavy atom. The lowest BCUT2D eigenvalue weighted by atomic mass is 9.93. The average molecular weight is 397 g/mol. The topological polar surface area (TPSA) is 102 Å². The van der Waals surface area contributed by atoms with Crippen LogP contribution < -0.4 is 5.32 Å². The van der Waals surface area contributed by atoms with Crippen LogP contribution in [0.2, 0.25) is 0 Å². The first-order chi connectivity index (χ1) is 12.8. The highest BCUT2D eigenvalue weighted by Crippen LogP contribution is 2.25. The second-order valence-corrected chi connectivity index (χ2v) is 9.83. The lowest BCUT2D eigenvalue weighted by Gasteiger charge is -2.39. The van der Waals surface area contributed by atoms with Crippen molar-refractivity contribution in [3.8, 4) is 0 Å². The fraction of sp³-hybridized carbons (Fsp3) is 0.722. The van der Waals surface area contributed by atoms with Crippen molar-refractivity contribution in [1.29, 1.82) is 0 Å².